The Hall–Kier alpha value is -4.12. The molecule has 0 amide bonds. The summed E-state index contributed by atoms with van der Waals surface area (Å²) in [6.07, 6.45) is 1.47. The van der Waals surface area contributed by atoms with E-state index in [4.69, 9.17) is 5.26 Å². The first-order valence-electron chi connectivity index (χ1n) is 7.94. The lowest BCUT2D eigenvalue weighted by atomic mass is 10.1. The number of anilines is 1. The van der Waals surface area contributed by atoms with Crippen molar-refractivity contribution in [1.82, 2.24) is 19.9 Å². The molecular weight excluding hydrogens is 347 g/mol. The van der Waals surface area contributed by atoms with E-state index in [-0.39, 0.29) is 17.1 Å². The number of hydrogen-bond donors (Lipinski definition) is 1. The van der Waals surface area contributed by atoms with Gasteiger partial charge >= 0.3 is 0 Å². The number of benzene rings is 2. The lowest BCUT2D eigenvalue weighted by Crippen LogP contribution is -2.16. The summed E-state index contributed by atoms with van der Waals surface area (Å²) >= 11 is 0. The summed E-state index contributed by atoms with van der Waals surface area (Å²) in [6.45, 7) is 0. The molecule has 0 radical (unpaired) electrons. The molecule has 0 bridgehead atoms. The lowest BCUT2D eigenvalue weighted by molar-refractivity contribution is 0.103. The molecule has 0 unspecified atom stereocenters. The van der Waals surface area contributed by atoms with Crippen LogP contribution >= 0.6 is 0 Å². The van der Waals surface area contributed by atoms with Gasteiger partial charge in [0.2, 0.25) is 11.6 Å². The molecule has 0 saturated heterocycles. The van der Waals surface area contributed by atoms with Crippen molar-refractivity contribution in [1.29, 1.82) is 5.26 Å². The van der Waals surface area contributed by atoms with Gasteiger partial charge in [0, 0.05) is 10.9 Å². The van der Waals surface area contributed by atoms with Crippen LogP contribution in [0.15, 0.2) is 60.8 Å². The highest BCUT2D eigenvalue weighted by molar-refractivity contribution is 6.08. The number of rotatable bonds is 4. The number of ketones is 1. The molecule has 0 fully saturated rings. The molecule has 0 aliphatic carbocycles. The minimum Gasteiger partial charge on any atom is -0.285 e. The Morgan fingerprint density at radius 1 is 1.07 bits per heavy atom. The third-order valence-corrected chi connectivity index (χ3v) is 3.88. The summed E-state index contributed by atoms with van der Waals surface area (Å²) in [5.41, 5.74) is 4.02. The van der Waals surface area contributed by atoms with Crippen molar-refractivity contribution < 1.29 is 9.18 Å². The number of carbonyl (C=O) groups is 1. The predicted molar refractivity (Wildman–Crippen MR) is 95.3 cm³/mol. The Labute approximate surface area is 152 Å². The van der Waals surface area contributed by atoms with Gasteiger partial charge in [-0.3, -0.25) is 10.2 Å². The fourth-order valence-corrected chi connectivity index (χ4v) is 2.57. The van der Waals surface area contributed by atoms with E-state index in [2.05, 4.69) is 20.5 Å². The first-order valence-corrected chi connectivity index (χ1v) is 7.94. The summed E-state index contributed by atoms with van der Waals surface area (Å²) in [6, 6.07) is 15.9. The normalized spacial score (nSPS) is 10.5. The standard InChI is InChI=1S/C19H11FN6O/c20-13-7-5-12(6-8-13)17(27)19-23-16-4-2-1-3-15(16)18(24-19)25-26-14(11-21)9-10-22-26/h1-10H,(H,23,24,25). The van der Waals surface area contributed by atoms with Gasteiger partial charge in [0.1, 0.15) is 11.9 Å². The van der Waals surface area contributed by atoms with Crippen molar-refractivity contribution in [2.75, 3.05) is 5.43 Å². The number of aromatic nitrogens is 4. The zero-order valence-corrected chi connectivity index (χ0v) is 13.8. The van der Waals surface area contributed by atoms with Crippen molar-refractivity contribution >= 4 is 22.5 Å². The van der Waals surface area contributed by atoms with Crippen LogP contribution in [0.3, 0.4) is 0 Å². The van der Waals surface area contributed by atoms with Crippen LogP contribution in [-0.4, -0.2) is 25.6 Å². The average Bonchev–Trinajstić information content (AvgIpc) is 3.15. The van der Waals surface area contributed by atoms with Crippen LogP contribution in [0, 0.1) is 17.1 Å². The molecule has 0 spiro atoms. The highest BCUT2D eigenvalue weighted by atomic mass is 19.1. The van der Waals surface area contributed by atoms with Crippen LogP contribution in [0.2, 0.25) is 0 Å². The van der Waals surface area contributed by atoms with E-state index in [1.165, 1.54) is 35.3 Å². The van der Waals surface area contributed by atoms with Gasteiger partial charge in [0.15, 0.2) is 11.5 Å². The largest absolute Gasteiger partial charge is 0.285 e. The maximum absolute atomic E-state index is 13.1. The number of nitriles is 1. The molecule has 0 saturated carbocycles. The number of hydrogen-bond acceptors (Lipinski definition) is 6. The van der Waals surface area contributed by atoms with Gasteiger partial charge in [-0.15, -0.1) is 0 Å². The maximum atomic E-state index is 13.1. The maximum Gasteiger partial charge on any atom is 0.230 e. The van der Waals surface area contributed by atoms with E-state index in [1.807, 2.05) is 12.1 Å². The number of para-hydroxylation sites is 1. The third-order valence-electron chi connectivity index (χ3n) is 3.88. The zero-order valence-electron chi connectivity index (χ0n) is 13.8. The fraction of sp³-hybridized carbons (Fsp3) is 0. The highest BCUT2D eigenvalue weighted by Crippen LogP contribution is 2.21. The van der Waals surface area contributed by atoms with Crippen LogP contribution in [0.5, 0.6) is 0 Å². The monoisotopic (exact) mass is 358 g/mol. The molecule has 7 nitrogen and oxygen atoms in total. The smallest absolute Gasteiger partial charge is 0.230 e. The number of nitrogens with one attached hydrogen (secondary N) is 1. The topological polar surface area (TPSA) is 96.5 Å². The number of halogens is 1. The summed E-state index contributed by atoms with van der Waals surface area (Å²) in [7, 11) is 0. The van der Waals surface area contributed by atoms with Crippen molar-refractivity contribution in [3.8, 4) is 6.07 Å². The van der Waals surface area contributed by atoms with E-state index in [1.54, 1.807) is 24.3 Å². The molecule has 0 aliphatic heterocycles. The van der Waals surface area contributed by atoms with Crippen LogP contribution < -0.4 is 5.43 Å². The van der Waals surface area contributed by atoms with Crippen LogP contribution in [0.1, 0.15) is 21.9 Å². The molecule has 27 heavy (non-hydrogen) atoms. The minimum absolute atomic E-state index is 0.0477. The third kappa shape index (κ3) is 3.09. The zero-order chi connectivity index (χ0) is 18.8. The molecule has 130 valence electrons. The van der Waals surface area contributed by atoms with E-state index in [0.29, 0.717) is 16.7 Å². The van der Waals surface area contributed by atoms with Crippen molar-refractivity contribution in [3.05, 3.63) is 83.7 Å². The van der Waals surface area contributed by atoms with Gasteiger partial charge < -0.3 is 0 Å². The Bertz CT molecular complexity index is 1190. The minimum atomic E-state index is -0.440. The molecule has 2 aromatic heterocycles. The number of nitrogens with zero attached hydrogens (tertiary/aromatic N) is 5. The summed E-state index contributed by atoms with van der Waals surface area (Å²) in [5, 5.41) is 13.8. The summed E-state index contributed by atoms with van der Waals surface area (Å²) < 4.78 is 13.1. The molecular formula is C19H11FN6O. The lowest BCUT2D eigenvalue weighted by Gasteiger charge is -2.11. The van der Waals surface area contributed by atoms with Crippen LogP contribution in [0.4, 0.5) is 10.2 Å². The number of fused-ring (bicyclic) bond motifs is 1. The molecule has 0 aliphatic rings. The van der Waals surface area contributed by atoms with Gasteiger partial charge in [0.25, 0.3) is 0 Å². The van der Waals surface area contributed by atoms with Crippen molar-refractivity contribution in [3.63, 3.8) is 0 Å². The quantitative estimate of drug-likeness (QED) is 0.564. The van der Waals surface area contributed by atoms with E-state index >= 15 is 0 Å². The fourth-order valence-electron chi connectivity index (χ4n) is 2.57. The second-order valence-corrected chi connectivity index (χ2v) is 5.60. The second-order valence-electron chi connectivity index (χ2n) is 5.60. The first kappa shape index (κ1) is 16.4. The van der Waals surface area contributed by atoms with Gasteiger partial charge in [-0.05, 0) is 42.5 Å². The first-order chi connectivity index (χ1) is 13.2. The molecule has 2 heterocycles. The summed E-state index contributed by atoms with van der Waals surface area (Å²) in [5.74, 6) is -0.597. The predicted octanol–water partition coefficient (Wildman–Crippen LogP) is 2.94. The molecule has 4 rings (SSSR count). The Morgan fingerprint density at radius 3 is 2.63 bits per heavy atom. The molecule has 2 aromatic carbocycles. The second kappa shape index (κ2) is 6.65. The Balaban J connectivity index is 1.82. The molecule has 8 heteroatoms. The van der Waals surface area contributed by atoms with Gasteiger partial charge in [-0.2, -0.15) is 15.2 Å². The van der Waals surface area contributed by atoms with Crippen LogP contribution in [-0.2, 0) is 0 Å². The Kier molecular flexibility index (Phi) is 4.03. The summed E-state index contributed by atoms with van der Waals surface area (Å²) in [4.78, 5) is 22.6. The van der Waals surface area contributed by atoms with Gasteiger partial charge in [0.05, 0.1) is 11.7 Å². The van der Waals surface area contributed by atoms with E-state index < -0.39 is 11.6 Å². The molecule has 0 atom stereocenters. The van der Waals surface area contributed by atoms with Gasteiger partial charge in [-0.25, -0.2) is 14.4 Å². The average molecular weight is 358 g/mol. The highest BCUT2D eigenvalue weighted by Gasteiger charge is 2.17. The van der Waals surface area contributed by atoms with Crippen molar-refractivity contribution in [2.24, 2.45) is 0 Å². The number of carbonyl (C=O) groups excluding carboxylic acids is 1. The van der Waals surface area contributed by atoms with Gasteiger partial charge in [-0.1, -0.05) is 12.1 Å². The van der Waals surface area contributed by atoms with E-state index in [0.717, 1.165) is 0 Å². The SMILES string of the molecule is N#Cc1ccnn1Nc1nc(C(=O)c2ccc(F)cc2)nc2ccccc12. The molecule has 1 N–H and O–H groups in total. The van der Waals surface area contributed by atoms with Crippen LogP contribution in [0.25, 0.3) is 10.9 Å². The molecule has 4 aromatic rings. The Morgan fingerprint density at radius 2 is 1.85 bits per heavy atom. The van der Waals surface area contributed by atoms with E-state index in [9.17, 15) is 9.18 Å². The van der Waals surface area contributed by atoms with Crippen molar-refractivity contribution in [2.45, 2.75) is 0 Å².